The first-order valence-electron chi connectivity index (χ1n) is 39.9. The van der Waals surface area contributed by atoms with E-state index in [-0.39, 0.29) is 0 Å². The van der Waals surface area contributed by atoms with Crippen LogP contribution in [0.2, 0.25) is 0 Å². The van der Waals surface area contributed by atoms with E-state index in [2.05, 4.69) is 183 Å². The summed E-state index contributed by atoms with van der Waals surface area (Å²) in [7, 11) is 2.21. The number of hydrogen-bond donors (Lipinski definition) is 5. The fourth-order valence-corrected chi connectivity index (χ4v) is 17.8. The number of fused-ring (bicyclic) bond motifs is 6. The van der Waals surface area contributed by atoms with Crippen LogP contribution in [0.25, 0.3) is 117 Å². The Hall–Kier alpha value is -11.4. The Kier molecular flexibility index (Phi) is 19.2. The second-order valence-electron chi connectivity index (χ2n) is 31.4. The number of likely N-dealkylation sites (tertiary alicyclic amines) is 2. The maximum atomic E-state index is 6.44. The van der Waals surface area contributed by atoms with Crippen LogP contribution in [0.5, 0.6) is 0 Å². The number of nitrogens with one attached hydrogen (secondary N) is 2. The molecule has 15 aromatic rings. The van der Waals surface area contributed by atoms with E-state index in [0.717, 1.165) is 186 Å². The molecule has 20 nitrogen and oxygen atoms in total. The van der Waals surface area contributed by atoms with Crippen molar-refractivity contribution < 1.29 is 4.74 Å². The van der Waals surface area contributed by atoms with Crippen molar-refractivity contribution in [2.75, 3.05) is 63.6 Å². The van der Waals surface area contributed by atoms with E-state index in [1.54, 1.807) is 18.6 Å². The number of pyridine rings is 3. The van der Waals surface area contributed by atoms with Crippen LogP contribution in [0.4, 0.5) is 17.5 Å². The number of rotatable bonds is 14. The van der Waals surface area contributed by atoms with Crippen molar-refractivity contribution in [3.8, 4) is 67.5 Å². The van der Waals surface area contributed by atoms with Crippen LogP contribution in [0.3, 0.4) is 0 Å². The second kappa shape index (κ2) is 30.5. The van der Waals surface area contributed by atoms with E-state index in [9.17, 15) is 0 Å². The predicted octanol–water partition coefficient (Wildman–Crippen LogP) is 16.3. The monoisotopic (exact) mass is 1470 g/mol. The van der Waals surface area contributed by atoms with Crippen LogP contribution in [0.15, 0.2) is 219 Å². The number of nitrogens with two attached hydrogens (primary N) is 3. The Morgan fingerprint density at radius 1 is 0.360 bits per heavy atom. The molecule has 0 amide bonds. The van der Waals surface area contributed by atoms with Gasteiger partial charge in [-0.2, -0.15) is 0 Å². The number of benzene rings is 6. The van der Waals surface area contributed by atoms with Gasteiger partial charge in [0, 0.05) is 148 Å². The minimum atomic E-state index is 0.392. The van der Waals surface area contributed by atoms with Gasteiger partial charge in [0.1, 0.15) is 68.6 Å². The molecule has 0 spiro atoms. The van der Waals surface area contributed by atoms with E-state index >= 15 is 0 Å². The normalized spacial score (nSPS) is 20.5. The van der Waals surface area contributed by atoms with Gasteiger partial charge in [-0.05, 0) is 147 Å². The summed E-state index contributed by atoms with van der Waals surface area (Å²) in [4.78, 5) is 48.8. The Morgan fingerprint density at radius 2 is 0.712 bits per heavy atom. The summed E-state index contributed by atoms with van der Waals surface area (Å²) in [6.07, 6.45) is 26.7. The Balaban J connectivity index is 0.000000112. The summed E-state index contributed by atoms with van der Waals surface area (Å²) in [5.41, 5.74) is 36.7. The number of nitrogens with zero attached hydrogens (tertiary/aromatic N) is 14. The van der Waals surface area contributed by atoms with Gasteiger partial charge < -0.3 is 42.4 Å². The SMILES string of the molecule is CN1CCC(NC2CC(c3nc(-c4ccc5ccc(-c6ccccc6)nc5c4)c4c(N)nccn34)C2)CC1.Nc1nccn2c(C3CC(N4CCCCC4)C3)nc(-c3ccc4ccc(-c5ccccc5)nc4c3)c12.Nc1nccn2c(C3CC(NC4CCOCC4)C3)nc(-c3ccc4ccc(-c5ccccc5)nc4c3)c12. The molecular formula is C91H93N19O. The van der Waals surface area contributed by atoms with Gasteiger partial charge >= 0.3 is 0 Å². The van der Waals surface area contributed by atoms with Gasteiger partial charge in [-0.3, -0.25) is 13.2 Å². The lowest BCUT2D eigenvalue weighted by atomic mass is 9.78. The average Bonchev–Trinajstić information content (AvgIpc) is 1.61. The molecule has 0 unspecified atom stereocenters. The summed E-state index contributed by atoms with van der Waals surface area (Å²) in [6.45, 7) is 6.58. The summed E-state index contributed by atoms with van der Waals surface area (Å²) in [6, 6.07) is 65.6. The zero-order valence-corrected chi connectivity index (χ0v) is 62.7. The van der Waals surface area contributed by atoms with Gasteiger partial charge in [-0.1, -0.05) is 152 Å². The number of imidazole rings is 3. The lowest BCUT2D eigenvalue weighted by Gasteiger charge is -2.44. The lowest BCUT2D eigenvalue weighted by molar-refractivity contribution is 0.0695. The highest BCUT2D eigenvalue weighted by molar-refractivity contribution is 5.94. The van der Waals surface area contributed by atoms with Gasteiger partial charge in [-0.15, -0.1) is 0 Å². The largest absolute Gasteiger partial charge is 0.382 e. The van der Waals surface area contributed by atoms with E-state index < -0.39 is 0 Å². The molecule has 9 aromatic heterocycles. The maximum absolute atomic E-state index is 6.44. The number of anilines is 3. The van der Waals surface area contributed by atoms with Crippen LogP contribution < -0.4 is 27.8 Å². The molecule has 8 N–H and O–H groups in total. The minimum absolute atomic E-state index is 0.392. The summed E-state index contributed by atoms with van der Waals surface area (Å²) >= 11 is 0. The number of piperidine rings is 2. The third-order valence-corrected chi connectivity index (χ3v) is 24.2. The highest BCUT2D eigenvalue weighted by atomic mass is 16.5. The number of ether oxygens (including phenoxy) is 1. The molecule has 6 fully saturated rings. The van der Waals surface area contributed by atoms with Crippen molar-refractivity contribution in [3.05, 3.63) is 237 Å². The van der Waals surface area contributed by atoms with Gasteiger partial charge in [0.05, 0.1) is 33.6 Å². The van der Waals surface area contributed by atoms with Gasteiger partial charge in [0.25, 0.3) is 0 Å². The van der Waals surface area contributed by atoms with Crippen molar-refractivity contribution in [1.82, 2.24) is 78.5 Å². The van der Waals surface area contributed by atoms with E-state index in [4.69, 9.17) is 51.8 Å². The topological polar surface area (TPSA) is 247 Å². The molecule has 111 heavy (non-hydrogen) atoms. The maximum Gasteiger partial charge on any atom is 0.150 e. The highest BCUT2D eigenvalue weighted by Gasteiger charge is 2.40. The lowest BCUT2D eigenvalue weighted by Crippen LogP contribution is -2.49. The molecular weight excluding hydrogens is 1380 g/mol. The smallest absolute Gasteiger partial charge is 0.150 e. The third kappa shape index (κ3) is 14.2. The fourth-order valence-electron chi connectivity index (χ4n) is 17.8. The summed E-state index contributed by atoms with van der Waals surface area (Å²) in [5.74, 6) is 6.02. The van der Waals surface area contributed by atoms with Crippen LogP contribution in [-0.2, 0) is 4.74 Å². The van der Waals surface area contributed by atoms with Gasteiger partial charge in [-0.25, -0.2) is 44.9 Å². The first-order chi connectivity index (χ1) is 54.6. The molecule has 6 aliphatic rings. The molecule has 0 atom stereocenters. The third-order valence-electron chi connectivity index (χ3n) is 24.2. The highest BCUT2D eigenvalue weighted by Crippen LogP contribution is 2.46. The molecule has 12 heterocycles. The molecule has 0 bridgehead atoms. The van der Waals surface area contributed by atoms with Crippen LogP contribution in [0.1, 0.15) is 119 Å². The first kappa shape index (κ1) is 70.0. The molecule has 20 heteroatoms. The number of nitrogen functional groups attached to an aromatic ring is 3. The Labute approximate surface area is 645 Å². The van der Waals surface area contributed by atoms with Gasteiger partial charge in [0.15, 0.2) is 0 Å². The Bertz CT molecular complexity index is 5850. The van der Waals surface area contributed by atoms with Crippen LogP contribution in [0, 0.1) is 0 Å². The molecule has 6 aromatic carbocycles. The zero-order chi connectivity index (χ0) is 74.5. The van der Waals surface area contributed by atoms with Crippen LogP contribution >= 0.6 is 0 Å². The number of hydrogen-bond acceptors (Lipinski definition) is 17. The zero-order valence-electron chi connectivity index (χ0n) is 62.7. The quantitative estimate of drug-likeness (QED) is 0.0679. The van der Waals surface area contributed by atoms with E-state index in [0.29, 0.717) is 65.4 Å². The molecule has 21 rings (SSSR count). The molecule has 0 radical (unpaired) electrons. The average molecular weight is 1470 g/mol. The summed E-state index contributed by atoms with van der Waals surface area (Å²) < 4.78 is 12.0. The van der Waals surface area contributed by atoms with Crippen molar-refractivity contribution >= 4 is 66.7 Å². The number of aromatic nitrogens is 12. The van der Waals surface area contributed by atoms with Crippen molar-refractivity contribution in [3.63, 3.8) is 0 Å². The van der Waals surface area contributed by atoms with E-state index in [1.165, 1.54) is 71.1 Å². The molecule has 3 saturated carbocycles. The van der Waals surface area contributed by atoms with E-state index in [1.807, 2.05) is 73.2 Å². The molecule has 3 aliphatic carbocycles. The molecule has 558 valence electrons. The summed E-state index contributed by atoms with van der Waals surface area (Å²) in [5, 5.41) is 11.0. The predicted molar refractivity (Wildman–Crippen MR) is 444 cm³/mol. The van der Waals surface area contributed by atoms with Crippen molar-refractivity contribution in [2.24, 2.45) is 0 Å². The van der Waals surface area contributed by atoms with Gasteiger partial charge in [0.2, 0.25) is 0 Å². The fraction of sp³-hybridized carbons (Fsp3) is 0.308. The van der Waals surface area contributed by atoms with Crippen LogP contribution in [-0.4, -0.2) is 145 Å². The second-order valence-corrected chi connectivity index (χ2v) is 31.4. The minimum Gasteiger partial charge on any atom is -0.382 e. The first-order valence-corrected chi connectivity index (χ1v) is 39.9. The standard InChI is InChI=1S/C31H33N7.C30H30N6O.C30H30N6/c1-37-14-11-24(12-15-37)34-25-17-23(18-25)31-36-28(29-30(32)33-13-16-38(29)31)22-8-7-21-9-10-26(35-27(21)19-22)20-5-3-2-4-6-20;31-29-28-27(21-7-6-20-8-9-25(34-26(20)18-21)19-4-2-1-3-5-19)35-30(36(28)13-12-32-29)22-16-24(17-22)33-23-10-14-37-15-11-23;31-29-28-27(22-10-9-21-11-12-25(33-26(21)19-22)20-7-3-1-4-8-20)34-30(36(28)16-13-32-29)23-17-24(18-23)35-14-5-2-6-15-35/h2-10,13,16,19,23-25,34H,11-12,14-15,17-18H2,1H3,(H2,32,33);1-9,12-13,18,22-24,33H,10-11,14-17H2,(H2,31,32);1,3-4,7-13,16,19,23-24H,2,5-6,14-15,17-18H2,(H2,31,32). The van der Waals surface area contributed by atoms with Crippen molar-refractivity contribution in [2.45, 2.75) is 131 Å². The molecule has 3 aliphatic heterocycles. The van der Waals surface area contributed by atoms with Crippen molar-refractivity contribution in [1.29, 1.82) is 0 Å². The Morgan fingerprint density at radius 3 is 1.09 bits per heavy atom. The molecule has 3 saturated heterocycles.